The Morgan fingerprint density at radius 2 is 2.36 bits per heavy atom. The minimum atomic E-state index is 0.905. The van der Waals surface area contributed by atoms with Crippen LogP contribution >= 0.6 is 27.7 Å². The average molecular weight is 280 g/mol. The minimum Gasteiger partial charge on any atom is -0.303 e. The minimum absolute atomic E-state index is 0.905. The van der Waals surface area contributed by atoms with Crippen molar-refractivity contribution in [3.8, 4) is 0 Å². The molecule has 0 bridgehead atoms. The molecule has 0 spiro atoms. The quantitative estimate of drug-likeness (QED) is 0.543. The van der Waals surface area contributed by atoms with Gasteiger partial charge in [-0.1, -0.05) is 22.9 Å². The van der Waals surface area contributed by atoms with Gasteiger partial charge in [0.1, 0.15) is 0 Å². The Bertz CT molecular complexity index is 143. The molecule has 0 radical (unpaired) electrons. The van der Waals surface area contributed by atoms with E-state index >= 15 is 0 Å². The van der Waals surface area contributed by atoms with Gasteiger partial charge in [-0.2, -0.15) is 11.8 Å². The zero-order valence-corrected chi connectivity index (χ0v) is 11.6. The molecule has 14 heavy (non-hydrogen) atoms. The summed E-state index contributed by atoms with van der Waals surface area (Å²) >= 11 is 5.67. The summed E-state index contributed by atoms with van der Waals surface area (Å²) in [6.45, 7) is 6.21. The first kappa shape index (κ1) is 12.9. The van der Waals surface area contributed by atoms with Crippen LogP contribution in [0.3, 0.4) is 0 Å². The fraction of sp³-hybridized carbons (Fsp3) is 1.00. The lowest BCUT2D eigenvalue weighted by atomic mass is 10.0. The van der Waals surface area contributed by atoms with E-state index in [-0.39, 0.29) is 0 Å². The highest BCUT2D eigenvalue weighted by atomic mass is 79.9. The number of hydrogen-bond donors (Lipinski definition) is 0. The van der Waals surface area contributed by atoms with Gasteiger partial charge in [-0.3, -0.25) is 0 Å². The molecule has 1 saturated heterocycles. The van der Waals surface area contributed by atoms with Crippen molar-refractivity contribution >= 4 is 27.7 Å². The van der Waals surface area contributed by atoms with Crippen molar-refractivity contribution in [1.82, 2.24) is 4.90 Å². The van der Waals surface area contributed by atoms with Crippen LogP contribution in [-0.4, -0.2) is 41.4 Å². The number of alkyl halides is 1. The summed E-state index contributed by atoms with van der Waals surface area (Å²) in [6.07, 6.45) is 4.19. The molecule has 1 atom stereocenters. The van der Waals surface area contributed by atoms with Crippen LogP contribution in [0.15, 0.2) is 0 Å². The monoisotopic (exact) mass is 279 g/mol. The summed E-state index contributed by atoms with van der Waals surface area (Å²) in [6, 6.07) is 0. The van der Waals surface area contributed by atoms with E-state index in [0.29, 0.717) is 0 Å². The highest BCUT2D eigenvalue weighted by molar-refractivity contribution is 9.09. The van der Waals surface area contributed by atoms with Gasteiger partial charge in [0, 0.05) is 11.9 Å². The summed E-state index contributed by atoms with van der Waals surface area (Å²) in [7, 11) is 0. The molecule has 84 valence electrons. The number of nitrogens with zero attached hydrogens (tertiary/aromatic N) is 1. The van der Waals surface area contributed by atoms with Crippen molar-refractivity contribution in [3.05, 3.63) is 0 Å². The third-order valence-electron chi connectivity index (χ3n) is 2.79. The molecule has 0 aromatic heterocycles. The van der Waals surface area contributed by atoms with Crippen molar-refractivity contribution in [3.63, 3.8) is 0 Å². The fourth-order valence-corrected chi connectivity index (χ4v) is 3.17. The number of thioether (sulfide) groups is 1. The summed E-state index contributed by atoms with van der Waals surface area (Å²) in [5, 5.41) is 1.19. The number of hydrogen-bond acceptors (Lipinski definition) is 2. The zero-order valence-electron chi connectivity index (χ0n) is 9.17. The standard InChI is InChI=1S/C11H22BrNS/c1-2-14-8-4-7-13-6-3-5-11(9-12)10-13/h11H,2-10H2,1H3. The zero-order chi connectivity index (χ0) is 10.2. The van der Waals surface area contributed by atoms with Gasteiger partial charge >= 0.3 is 0 Å². The van der Waals surface area contributed by atoms with Crippen molar-refractivity contribution in [2.75, 3.05) is 36.5 Å². The Balaban J connectivity index is 2.05. The molecule has 1 aliphatic heterocycles. The Kier molecular flexibility index (Phi) is 7.35. The molecule has 0 N–H and O–H groups in total. The van der Waals surface area contributed by atoms with Crippen molar-refractivity contribution in [1.29, 1.82) is 0 Å². The lowest BCUT2D eigenvalue weighted by molar-refractivity contribution is 0.187. The lowest BCUT2D eigenvalue weighted by Crippen LogP contribution is -2.36. The Hall–Kier alpha value is 0.790. The van der Waals surface area contributed by atoms with E-state index in [1.54, 1.807) is 0 Å². The van der Waals surface area contributed by atoms with Gasteiger partial charge in [-0.05, 0) is 49.8 Å². The summed E-state index contributed by atoms with van der Waals surface area (Å²) in [4.78, 5) is 2.64. The van der Waals surface area contributed by atoms with Gasteiger partial charge in [-0.25, -0.2) is 0 Å². The molecular weight excluding hydrogens is 258 g/mol. The molecule has 1 unspecified atom stereocenters. The van der Waals surface area contributed by atoms with Gasteiger partial charge < -0.3 is 4.90 Å². The molecule has 1 rings (SSSR count). The number of halogens is 1. The van der Waals surface area contributed by atoms with Crippen molar-refractivity contribution in [2.24, 2.45) is 5.92 Å². The Labute approximate surface area is 101 Å². The summed E-state index contributed by atoms with van der Waals surface area (Å²) < 4.78 is 0. The fourth-order valence-electron chi connectivity index (χ4n) is 2.01. The number of likely N-dealkylation sites (tertiary alicyclic amines) is 1. The van der Waals surface area contributed by atoms with E-state index in [0.717, 1.165) is 5.92 Å². The third kappa shape index (κ3) is 5.04. The normalized spacial score (nSPS) is 24.0. The second-order valence-corrected chi connectivity index (χ2v) is 6.05. The second kappa shape index (κ2) is 8.00. The van der Waals surface area contributed by atoms with Gasteiger partial charge in [-0.15, -0.1) is 0 Å². The first-order valence-electron chi connectivity index (χ1n) is 5.73. The first-order chi connectivity index (χ1) is 6.86. The van der Waals surface area contributed by atoms with Crippen molar-refractivity contribution < 1.29 is 0 Å². The maximum absolute atomic E-state index is 3.60. The van der Waals surface area contributed by atoms with E-state index in [2.05, 4.69) is 39.5 Å². The Morgan fingerprint density at radius 3 is 3.07 bits per heavy atom. The predicted octanol–water partition coefficient (Wildman–Crippen LogP) is 3.24. The van der Waals surface area contributed by atoms with Gasteiger partial charge in [0.25, 0.3) is 0 Å². The second-order valence-electron chi connectivity index (χ2n) is 4.01. The molecule has 1 heterocycles. The van der Waals surface area contributed by atoms with E-state index in [1.807, 2.05) is 0 Å². The average Bonchev–Trinajstić information content (AvgIpc) is 2.25. The summed E-state index contributed by atoms with van der Waals surface area (Å²) in [5.41, 5.74) is 0. The third-order valence-corrected chi connectivity index (χ3v) is 4.69. The Morgan fingerprint density at radius 1 is 1.50 bits per heavy atom. The molecule has 0 saturated carbocycles. The number of rotatable bonds is 6. The van der Waals surface area contributed by atoms with Crippen LogP contribution in [0.25, 0.3) is 0 Å². The molecule has 0 aromatic carbocycles. The molecule has 3 heteroatoms. The molecular formula is C11H22BrNS. The molecule has 0 aromatic rings. The van der Waals surface area contributed by atoms with Crippen molar-refractivity contribution in [2.45, 2.75) is 26.2 Å². The van der Waals surface area contributed by atoms with E-state index < -0.39 is 0 Å². The predicted molar refractivity (Wildman–Crippen MR) is 70.6 cm³/mol. The van der Waals surface area contributed by atoms with Crippen LogP contribution in [0.2, 0.25) is 0 Å². The first-order valence-corrected chi connectivity index (χ1v) is 8.00. The molecule has 1 fully saturated rings. The highest BCUT2D eigenvalue weighted by Crippen LogP contribution is 2.18. The molecule has 1 nitrogen and oxygen atoms in total. The largest absolute Gasteiger partial charge is 0.303 e. The molecule has 1 aliphatic rings. The maximum Gasteiger partial charge on any atom is 0.00718 e. The van der Waals surface area contributed by atoms with Gasteiger partial charge in [0.05, 0.1) is 0 Å². The van der Waals surface area contributed by atoms with Crippen LogP contribution in [0, 0.1) is 5.92 Å². The van der Waals surface area contributed by atoms with E-state index in [1.165, 1.54) is 55.7 Å². The molecule has 0 amide bonds. The van der Waals surface area contributed by atoms with Crippen LogP contribution in [0.4, 0.5) is 0 Å². The van der Waals surface area contributed by atoms with Gasteiger partial charge in [0.2, 0.25) is 0 Å². The van der Waals surface area contributed by atoms with E-state index in [9.17, 15) is 0 Å². The molecule has 0 aliphatic carbocycles. The number of piperidine rings is 1. The smallest absolute Gasteiger partial charge is 0.00718 e. The van der Waals surface area contributed by atoms with Crippen LogP contribution < -0.4 is 0 Å². The highest BCUT2D eigenvalue weighted by Gasteiger charge is 2.17. The van der Waals surface area contributed by atoms with E-state index in [4.69, 9.17) is 0 Å². The summed E-state index contributed by atoms with van der Waals surface area (Å²) in [5.74, 6) is 3.51. The van der Waals surface area contributed by atoms with Crippen LogP contribution in [0.1, 0.15) is 26.2 Å². The SMILES string of the molecule is CCSCCCN1CCCC(CBr)C1. The van der Waals surface area contributed by atoms with Crippen LogP contribution in [0.5, 0.6) is 0 Å². The maximum atomic E-state index is 3.60. The van der Waals surface area contributed by atoms with Gasteiger partial charge in [0.15, 0.2) is 0 Å². The van der Waals surface area contributed by atoms with Crippen LogP contribution in [-0.2, 0) is 0 Å². The topological polar surface area (TPSA) is 3.24 Å². The lowest BCUT2D eigenvalue weighted by Gasteiger charge is -2.31.